The lowest BCUT2D eigenvalue weighted by molar-refractivity contribution is -0.137. The van der Waals surface area contributed by atoms with E-state index in [4.69, 9.17) is 9.84 Å². The van der Waals surface area contributed by atoms with E-state index in [0.29, 0.717) is 6.20 Å². The Bertz CT molecular complexity index is 668. The molecule has 1 aromatic heterocycles. The van der Waals surface area contributed by atoms with Crippen LogP contribution >= 0.6 is 0 Å². The Hall–Kier alpha value is -2.64. The molecule has 0 saturated carbocycles. The molecule has 1 aromatic carbocycles. The topological polar surface area (TPSA) is 59.4 Å². The third kappa shape index (κ3) is 3.28. The third-order valence-corrected chi connectivity index (χ3v) is 2.47. The summed E-state index contributed by atoms with van der Waals surface area (Å²) in [5, 5.41) is 8.89. The van der Waals surface area contributed by atoms with E-state index in [1.165, 1.54) is 12.1 Å². The minimum atomic E-state index is -4.55. The summed E-state index contributed by atoms with van der Waals surface area (Å²) < 4.78 is 55.5. The van der Waals surface area contributed by atoms with Gasteiger partial charge in [0.25, 0.3) is 0 Å². The Labute approximate surface area is 115 Å². The second kappa shape index (κ2) is 5.39. The average molecular weight is 301 g/mol. The van der Waals surface area contributed by atoms with Gasteiger partial charge in [-0.1, -0.05) is 6.07 Å². The molecule has 0 fully saturated rings. The Balaban J connectivity index is 2.31. The summed E-state index contributed by atoms with van der Waals surface area (Å²) in [6.07, 6.45) is -4.01. The van der Waals surface area contributed by atoms with Gasteiger partial charge in [0.1, 0.15) is 17.1 Å². The maximum atomic E-state index is 13.4. The molecule has 1 heterocycles. The monoisotopic (exact) mass is 301 g/mol. The fraction of sp³-hybridized carbons (Fsp3) is 0.0769. The van der Waals surface area contributed by atoms with Crippen molar-refractivity contribution in [2.75, 3.05) is 0 Å². The van der Waals surface area contributed by atoms with Crippen LogP contribution in [0.4, 0.5) is 17.6 Å². The van der Waals surface area contributed by atoms with Crippen LogP contribution in [0.2, 0.25) is 0 Å². The van der Waals surface area contributed by atoms with Gasteiger partial charge in [-0.2, -0.15) is 13.2 Å². The molecule has 1 N–H and O–H groups in total. The molecule has 0 aliphatic heterocycles. The first kappa shape index (κ1) is 14.8. The van der Waals surface area contributed by atoms with Gasteiger partial charge in [-0.15, -0.1) is 0 Å². The molecular formula is C13H7F4NO3. The van der Waals surface area contributed by atoms with E-state index in [1.807, 2.05) is 0 Å². The average Bonchev–Trinajstić information content (AvgIpc) is 2.38. The molecule has 2 aromatic rings. The van der Waals surface area contributed by atoms with Crippen LogP contribution in [-0.2, 0) is 6.18 Å². The Morgan fingerprint density at radius 1 is 1.19 bits per heavy atom. The van der Waals surface area contributed by atoms with Crippen LogP contribution in [0.3, 0.4) is 0 Å². The highest BCUT2D eigenvalue weighted by molar-refractivity contribution is 5.91. The first-order valence-corrected chi connectivity index (χ1v) is 5.52. The van der Waals surface area contributed by atoms with E-state index in [2.05, 4.69) is 4.98 Å². The predicted octanol–water partition coefficient (Wildman–Crippen LogP) is 3.73. The standard InChI is InChI=1S/C13H7F4NO3/c14-8-2-1-3-9(11(8)12(19)20)21-10-5-4-7(6-18-10)13(15,16)17/h1-6H,(H,19,20). The van der Waals surface area contributed by atoms with Crippen LogP contribution in [0.15, 0.2) is 36.5 Å². The minimum Gasteiger partial charge on any atom is -0.477 e. The molecule has 0 saturated heterocycles. The first-order chi connectivity index (χ1) is 9.79. The van der Waals surface area contributed by atoms with Gasteiger partial charge in [-0.05, 0) is 18.2 Å². The fourth-order valence-corrected chi connectivity index (χ4v) is 1.52. The van der Waals surface area contributed by atoms with E-state index >= 15 is 0 Å². The number of rotatable bonds is 3. The molecule has 0 aliphatic rings. The highest BCUT2D eigenvalue weighted by atomic mass is 19.4. The molecule has 0 amide bonds. The first-order valence-electron chi connectivity index (χ1n) is 5.52. The van der Waals surface area contributed by atoms with Crippen LogP contribution in [0.5, 0.6) is 11.6 Å². The molecule has 0 bridgehead atoms. The number of carboxylic acids is 1. The van der Waals surface area contributed by atoms with Crippen LogP contribution in [0, 0.1) is 5.82 Å². The number of alkyl halides is 3. The zero-order valence-corrected chi connectivity index (χ0v) is 10.2. The Morgan fingerprint density at radius 3 is 2.43 bits per heavy atom. The lowest BCUT2D eigenvalue weighted by Crippen LogP contribution is -2.06. The number of benzene rings is 1. The summed E-state index contributed by atoms with van der Waals surface area (Å²) in [7, 11) is 0. The number of aromatic carboxylic acids is 1. The van der Waals surface area contributed by atoms with Gasteiger partial charge in [0.15, 0.2) is 0 Å². The van der Waals surface area contributed by atoms with Crippen molar-refractivity contribution in [3.63, 3.8) is 0 Å². The molecule has 21 heavy (non-hydrogen) atoms. The number of aromatic nitrogens is 1. The van der Waals surface area contributed by atoms with Gasteiger partial charge in [-0.25, -0.2) is 14.2 Å². The molecule has 0 atom stereocenters. The molecule has 4 nitrogen and oxygen atoms in total. The van der Waals surface area contributed by atoms with Crippen molar-refractivity contribution in [3.05, 3.63) is 53.5 Å². The summed E-state index contributed by atoms with van der Waals surface area (Å²) >= 11 is 0. The molecular weight excluding hydrogens is 294 g/mol. The number of pyridine rings is 1. The van der Waals surface area contributed by atoms with Gasteiger partial charge in [0, 0.05) is 12.3 Å². The van der Waals surface area contributed by atoms with Gasteiger partial charge >= 0.3 is 12.1 Å². The number of nitrogens with zero attached hydrogens (tertiary/aromatic N) is 1. The van der Waals surface area contributed by atoms with Crippen molar-refractivity contribution in [1.29, 1.82) is 0 Å². The quantitative estimate of drug-likeness (QED) is 0.878. The van der Waals surface area contributed by atoms with Crippen molar-refractivity contribution >= 4 is 5.97 Å². The van der Waals surface area contributed by atoms with Crippen molar-refractivity contribution < 1.29 is 32.2 Å². The molecule has 2 rings (SSSR count). The van der Waals surface area contributed by atoms with Crippen molar-refractivity contribution in [2.45, 2.75) is 6.18 Å². The Morgan fingerprint density at radius 2 is 1.90 bits per heavy atom. The van der Waals surface area contributed by atoms with Crippen LogP contribution in [-0.4, -0.2) is 16.1 Å². The number of carboxylic acid groups (broad SMARTS) is 1. The summed E-state index contributed by atoms with van der Waals surface area (Å²) in [6, 6.07) is 4.95. The van der Waals surface area contributed by atoms with Crippen LogP contribution < -0.4 is 4.74 Å². The van der Waals surface area contributed by atoms with Crippen molar-refractivity contribution in [3.8, 4) is 11.6 Å². The SMILES string of the molecule is O=C(O)c1c(F)cccc1Oc1ccc(C(F)(F)F)cn1. The highest BCUT2D eigenvalue weighted by Crippen LogP contribution is 2.31. The normalized spacial score (nSPS) is 11.2. The smallest absolute Gasteiger partial charge is 0.417 e. The zero-order valence-electron chi connectivity index (χ0n) is 10.2. The second-order valence-electron chi connectivity index (χ2n) is 3.90. The second-order valence-corrected chi connectivity index (χ2v) is 3.90. The zero-order chi connectivity index (χ0) is 15.6. The van der Waals surface area contributed by atoms with E-state index in [0.717, 1.165) is 18.2 Å². The van der Waals surface area contributed by atoms with Gasteiger partial charge in [-0.3, -0.25) is 0 Å². The van der Waals surface area contributed by atoms with Crippen molar-refractivity contribution in [2.24, 2.45) is 0 Å². The van der Waals surface area contributed by atoms with Gasteiger partial charge in [0.2, 0.25) is 5.88 Å². The van der Waals surface area contributed by atoms with Gasteiger partial charge in [0.05, 0.1) is 5.56 Å². The fourth-order valence-electron chi connectivity index (χ4n) is 1.52. The molecule has 110 valence electrons. The summed E-state index contributed by atoms with van der Waals surface area (Å²) in [5.74, 6) is -3.22. The van der Waals surface area contributed by atoms with Crippen molar-refractivity contribution in [1.82, 2.24) is 4.98 Å². The summed E-state index contributed by atoms with van der Waals surface area (Å²) in [6.45, 7) is 0. The molecule has 0 spiro atoms. The van der Waals surface area contributed by atoms with Gasteiger partial charge < -0.3 is 9.84 Å². The maximum Gasteiger partial charge on any atom is 0.417 e. The number of ether oxygens (including phenoxy) is 1. The van der Waals surface area contributed by atoms with E-state index < -0.39 is 29.1 Å². The van der Waals surface area contributed by atoms with Crippen LogP contribution in [0.1, 0.15) is 15.9 Å². The molecule has 0 radical (unpaired) electrons. The number of carbonyl (C=O) groups is 1. The van der Waals surface area contributed by atoms with Crippen LogP contribution in [0.25, 0.3) is 0 Å². The van der Waals surface area contributed by atoms with E-state index in [9.17, 15) is 22.4 Å². The molecule has 0 unspecified atom stereocenters. The third-order valence-electron chi connectivity index (χ3n) is 2.47. The highest BCUT2D eigenvalue weighted by Gasteiger charge is 2.30. The number of hydrogen-bond donors (Lipinski definition) is 1. The Kier molecular flexibility index (Phi) is 3.79. The predicted molar refractivity (Wildman–Crippen MR) is 62.7 cm³/mol. The lowest BCUT2D eigenvalue weighted by atomic mass is 10.2. The van der Waals surface area contributed by atoms with E-state index in [-0.39, 0.29) is 11.6 Å². The minimum absolute atomic E-state index is 0.281. The summed E-state index contributed by atoms with van der Waals surface area (Å²) in [4.78, 5) is 14.3. The lowest BCUT2D eigenvalue weighted by Gasteiger charge is -2.10. The van der Waals surface area contributed by atoms with E-state index in [1.54, 1.807) is 0 Å². The maximum absolute atomic E-state index is 13.4. The molecule has 8 heteroatoms. The number of hydrogen-bond acceptors (Lipinski definition) is 3. The molecule has 0 aliphatic carbocycles. The summed E-state index contributed by atoms with van der Waals surface area (Å²) in [5.41, 5.74) is -1.70. The largest absolute Gasteiger partial charge is 0.477 e. The number of halogens is 4.